The highest BCUT2D eigenvalue weighted by atomic mass is 127. The van der Waals surface area contributed by atoms with Gasteiger partial charge in [-0.05, 0) is 40.8 Å². The maximum absolute atomic E-state index is 13.2. The van der Waals surface area contributed by atoms with Gasteiger partial charge in [-0.15, -0.1) is 5.10 Å². The molecule has 0 aliphatic rings. The second-order valence-electron chi connectivity index (χ2n) is 4.98. The molecule has 0 saturated heterocycles. The number of anilines is 1. The van der Waals surface area contributed by atoms with Gasteiger partial charge in [0.05, 0.1) is 16.1 Å². The molecule has 0 amide bonds. The van der Waals surface area contributed by atoms with Crippen molar-refractivity contribution in [2.45, 2.75) is 12.4 Å². The lowest BCUT2D eigenvalue weighted by Gasteiger charge is -2.10. The number of nitrogen functional groups attached to an aromatic ring is 1. The minimum atomic E-state index is -5.20. The average Bonchev–Trinajstić information content (AvgIpc) is 2.81. The number of benzene rings is 1. The van der Waals surface area contributed by atoms with E-state index < -0.39 is 40.7 Å². The summed E-state index contributed by atoms with van der Waals surface area (Å²) in [5.41, 5.74) is 3.14. The first-order valence-electron chi connectivity index (χ1n) is 6.55. The van der Waals surface area contributed by atoms with Gasteiger partial charge in [0.2, 0.25) is 5.82 Å². The van der Waals surface area contributed by atoms with Crippen LogP contribution in [-0.2, 0) is 12.4 Å². The van der Waals surface area contributed by atoms with Gasteiger partial charge in [-0.1, -0.05) is 11.6 Å². The quantitative estimate of drug-likeness (QED) is 0.383. The lowest BCUT2D eigenvalue weighted by Crippen LogP contribution is -2.17. The molecule has 2 N–H and O–H groups in total. The molecule has 0 aliphatic heterocycles. The molecule has 2 aromatic heterocycles. The second kappa shape index (κ2) is 6.11. The van der Waals surface area contributed by atoms with Gasteiger partial charge in [0.25, 0.3) is 0 Å². The van der Waals surface area contributed by atoms with Gasteiger partial charge in [-0.3, -0.25) is 0 Å². The topological polar surface area (TPSA) is 69.6 Å². The van der Waals surface area contributed by atoms with E-state index in [1.807, 2.05) is 22.6 Å². The molecule has 0 fully saturated rings. The zero-order valence-electron chi connectivity index (χ0n) is 12.1. The van der Waals surface area contributed by atoms with Gasteiger partial charge >= 0.3 is 12.4 Å². The highest BCUT2D eigenvalue weighted by molar-refractivity contribution is 14.1. The average molecular weight is 508 g/mol. The predicted molar refractivity (Wildman–Crippen MR) is 88.8 cm³/mol. The molecular weight excluding hydrogens is 503 g/mol. The molecule has 1 aromatic carbocycles. The van der Waals surface area contributed by atoms with Gasteiger partial charge < -0.3 is 5.73 Å². The van der Waals surface area contributed by atoms with Crippen LogP contribution in [0.25, 0.3) is 16.7 Å². The number of alkyl halides is 6. The highest BCUT2D eigenvalue weighted by Gasteiger charge is 2.43. The zero-order valence-corrected chi connectivity index (χ0v) is 15.0. The van der Waals surface area contributed by atoms with Gasteiger partial charge in [-0.25, -0.2) is 14.6 Å². The highest BCUT2D eigenvalue weighted by Crippen LogP contribution is 2.39. The molecule has 3 rings (SSSR count). The Balaban J connectivity index is 2.38. The fourth-order valence-corrected chi connectivity index (χ4v) is 3.12. The van der Waals surface area contributed by atoms with Crippen LogP contribution in [-0.4, -0.2) is 19.7 Å². The van der Waals surface area contributed by atoms with E-state index in [4.69, 9.17) is 17.3 Å². The molecule has 138 valence electrons. The third-order valence-electron chi connectivity index (χ3n) is 3.23. The molecule has 0 aliphatic carbocycles. The number of rotatable bonds is 1. The van der Waals surface area contributed by atoms with Crippen LogP contribution in [0.5, 0.6) is 0 Å². The standard InChI is InChI=1S/C13H5ClF6IN5/c14-5-3-4(21)1-2-6(5)26-9(22)7-8(12(15,16)17)23-11(13(18,19)20)24-10(7)25-26/h1-3H,22H2. The van der Waals surface area contributed by atoms with Crippen molar-refractivity contribution >= 4 is 51.0 Å². The summed E-state index contributed by atoms with van der Waals surface area (Å²) in [6.07, 6.45) is -10.4. The predicted octanol–water partition coefficient (Wildman–Crippen LogP) is 4.69. The van der Waals surface area contributed by atoms with E-state index in [1.165, 1.54) is 12.1 Å². The van der Waals surface area contributed by atoms with Crippen LogP contribution < -0.4 is 5.73 Å². The Bertz CT molecular complexity index is 1010. The monoisotopic (exact) mass is 507 g/mol. The summed E-state index contributed by atoms with van der Waals surface area (Å²) < 4.78 is 79.7. The van der Waals surface area contributed by atoms with E-state index >= 15 is 0 Å². The van der Waals surface area contributed by atoms with E-state index in [9.17, 15) is 26.3 Å². The Morgan fingerprint density at radius 1 is 1.04 bits per heavy atom. The van der Waals surface area contributed by atoms with Crippen LogP contribution in [0, 0.1) is 3.57 Å². The molecule has 0 unspecified atom stereocenters. The fraction of sp³-hybridized carbons (Fsp3) is 0.154. The lowest BCUT2D eigenvalue weighted by molar-refractivity contribution is -0.151. The Morgan fingerprint density at radius 3 is 2.23 bits per heavy atom. The molecule has 26 heavy (non-hydrogen) atoms. The number of hydrogen-bond donors (Lipinski definition) is 1. The summed E-state index contributed by atoms with van der Waals surface area (Å²) in [6.45, 7) is 0. The van der Waals surface area contributed by atoms with Crippen LogP contribution >= 0.6 is 34.2 Å². The smallest absolute Gasteiger partial charge is 0.383 e. The van der Waals surface area contributed by atoms with Crippen molar-refractivity contribution in [3.63, 3.8) is 0 Å². The molecule has 0 saturated carbocycles. The summed E-state index contributed by atoms with van der Waals surface area (Å²) in [5, 5.41) is 2.93. The molecule has 0 bridgehead atoms. The van der Waals surface area contributed by atoms with Crippen molar-refractivity contribution in [3.05, 3.63) is 38.3 Å². The van der Waals surface area contributed by atoms with Gasteiger partial charge in [0, 0.05) is 3.57 Å². The first-order valence-corrected chi connectivity index (χ1v) is 8.01. The van der Waals surface area contributed by atoms with Crippen LogP contribution in [0.3, 0.4) is 0 Å². The largest absolute Gasteiger partial charge is 0.451 e. The molecule has 0 atom stereocenters. The number of nitrogens with two attached hydrogens (primary N) is 1. The number of aromatic nitrogens is 4. The Morgan fingerprint density at radius 2 is 1.69 bits per heavy atom. The summed E-state index contributed by atoms with van der Waals surface area (Å²) in [7, 11) is 0. The van der Waals surface area contributed by atoms with Gasteiger partial charge in [-0.2, -0.15) is 26.3 Å². The number of halogens is 8. The van der Waals surface area contributed by atoms with E-state index in [0.29, 0.717) is 0 Å². The van der Waals surface area contributed by atoms with E-state index in [1.54, 1.807) is 6.07 Å². The minimum Gasteiger partial charge on any atom is -0.383 e. The molecule has 13 heteroatoms. The molecule has 0 spiro atoms. The van der Waals surface area contributed by atoms with Crippen molar-refractivity contribution in [1.82, 2.24) is 19.7 Å². The first kappa shape index (κ1) is 18.9. The van der Waals surface area contributed by atoms with E-state index in [2.05, 4.69) is 15.1 Å². The third-order valence-corrected chi connectivity index (χ3v) is 4.20. The normalized spacial score (nSPS) is 12.8. The number of fused-ring (bicyclic) bond motifs is 1. The van der Waals surface area contributed by atoms with Crippen molar-refractivity contribution in [3.8, 4) is 5.69 Å². The van der Waals surface area contributed by atoms with E-state index in [0.717, 1.165) is 8.25 Å². The third kappa shape index (κ3) is 3.26. The van der Waals surface area contributed by atoms with Crippen molar-refractivity contribution < 1.29 is 26.3 Å². The van der Waals surface area contributed by atoms with Crippen molar-refractivity contribution in [2.24, 2.45) is 0 Å². The summed E-state index contributed by atoms with van der Waals surface area (Å²) >= 11 is 7.99. The summed E-state index contributed by atoms with van der Waals surface area (Å²) in [6, 6.07) is 4.48. The van der Waals surface area contributed by atoms with E-state index in [-0.39, 0.29) is 10.7 Å². The lowest BCUT2D eigenvalue weighted by atomic mass is 10.2. The van der Waals surface area contributed by atoms with Crippen molar-refractivity contribution in [2.75, 3.05) is 5.73 Å². The molecule has 0 radical (unpaired) electrons. The maximum Gasteiger partial charge on any atom is 0.451 e. The van der Waals surface area contributed by atoms with Crippen LogP contribution in [0.4, 0.5) is 32.2 Å². The van der Waals surface area contributed by atoms with Crippen LogP contribution in [0.2, 0.25) is 5.02 Å². The first-order chi connectivity index (χ1) is 11.9. The summed E-state index contributed by atoms with van der Waals surface area (Å²) in [5.74, 6) is -2.54. The Hall–Kier alpha value is -1.83. The number of hydrogen-bond acceptors (Lipinski definition) is 4. The van der Waals surface area contributed by atoms with Gasteiger partial charge in [0.1, 0.15) is 5.82 Å². The molecule has 5 nitrogen and oxygen atoms in total. The van der Waals surface area contributed by atoms with Crippen LogP contribution in [0.15, 0.2) is 18.2 Å². The Labute approximate surface area is 159 Å². The Kier molecular flexibility index (Phi) is 4.45. The number of nitrogens with zero attached hydrogens (tertiary/aromatic N) is 4. The summed E-state index contributed by atoms with van der Waals surface area (Å²) in [4.78, 5) is 5.70. The van der Waals surface area contributed by atoms with Crippen molar-refractivity contribution in [1.29, 1.82) is 0 Å². The second-order valence-corrected chi connectivity index (χ2v) is 6.64. The molecular formula is C13H5ClF6IN5. The zero-order chi connectivity index (χ0) is 19.4. The molecule has 2 heterocycles. The molecule has 3 aromatic rings. The fourth-order valence-electron chi connectivity index (χ4n) is 2.18. The minimum absolute atomic E-state index is 0.0873. The SMILES string of the molecule is Nc1c2c(C(F)(F)F)nc(C(F)(F)F)nc2nn1-c1ccc(I)cc1Cl. The van der Waals surface area contributed by atoms with Crippen LogP contribution in [0.1, 0.15) is 11.5 Å². The van der Waals surface area contributed by atoms with Gasteiger partial charge in [0.15, 0.2) is 11.3 Å². The maximum atomic E-state index is 13.2.